The number of carbonyl (C=O) groups excluding carboxylic acids is 1. The molecule has 1 saturated heterocycles. The molecule has 1 aliphatic rings. The Morgan fingerprint density at radius 1 is 1.20 bits per heavy atom. The zero-order chi connectivity index (χ0) is 21.5. The Morgan fingerprint density at radius 3 is 2.63 bits per heavy atom. The number of rotatable bonds is 3. The Balaban J connectivity index is 1.57. The molecule has 0 bridgehead atoms. The van der Waals surface area contributed by atoms with Gasteiger partial charge in [-0.25, -0.2) is 13.9 Å². The molecule has 1 amide bonds. The number of halogens is 4. The van der Waals surface area contributed by atoms with Crippen LogP contribution in [0.15, 0.2) is 36.4 Å². The molecule has 3 aromatic rings. The van der Waals surface area contributed by atoms with E-state index in [0.29, 0.717) is 42.9 Å². The third kappa shape index (κ3) is 4.15. The van der Waals surface area contributed by atoms with Crippen molar-refractivity contribution in [1.29, 1.82) is 0 Å². The first kappa shape index (κ1) is 20.3. The van der Waals surface area contributed by atoms with Crippen molar-refractivity contribution in [3.8, 4) is 0 Å². The first-order valence-corrected chi connectivity index (χ1v) is 9.67. The van der Waals surface area contributed by atoms with Crippen LogP contribution in [0.5, 0.6) is 0 Å². The van der Waals surface area contributed by atoms with Crippen molar-refractivity contribution < 1.29 is 22.4 Å². The summed E-state index contributed by atoms with van der Waals surface area (Å²) >= 11 is 0. The second-order valence-corrected chi connectivity index (χ2v) is 7.60. The number of aromatic nitrogens is 3. The maximum Gasteiger partial charge on any atom is 0.433 e. The van der Waals surface area contributed by atoms with Crippen molar-refractivity contribution >= 4 is 11.6 Å². The Bertz CT molecular complexity index is 1080. The van der Waals surface area contributed by atoms with Crippen molar-refractivity contribution in [2.24, 2.45) is 0 Å². The van der Waals surface area contributed by atoms with Crippen molar-refractivity contribution in [2.75, 3.05) is 13.1 Å². The molecule has 5 nitrogen and oxygen atoms in total. The van der Waals surface area contributed by atoms with E-state index in [4.69, 9.17) is 0 Å². The first-order valence-electron chi connectivity index (χ1n) is 9.67. The Hall–Kier alpha value is -2.97. The summed E-state index contributed by atoms with van der Waals surface area (Å²) < 4.78 is 54.6. The van der Waals surface area contributed by atoms with Crippen LogP contribution >= 0.6 is 0 Å². The molecule has 3 heterocycles. The van der Waals surface area contributed by atoms with Crippen LogP contribution in [-0.4, -0.2) is 38.5 Å². The van der Waals surface area contributed by atoms with E-state index in [1.165, 1.54) is 18.2 Å². The van der Waals surface area contributed by atoms with Gasteiger partial charge in [0.25, 0.3) is 0 Å². The lowest BCUT2D eigenvalue weighted by molar-refractivity contribution is -0.142. The molecule has 158 valence electrons. The van der Waals surface area contributed by atoms with E-state index in [-0.39, 0.29) is 29.7 Å². The van der Waals surface area contributed by atoms with Crippen molar-refractivity contribution in [1.82, 2.24) is 19.5 Å². The average Bonchev–Trinajstić information content (AvgIpc) is 3.08. The number of piperidine rings is 1. The molecule has 1 aromatic carbocycles. The minimum Gasteiger partial charge on any atom is -0.342 e. The van der Waals surface area contributed by atoms with Crippen LogP contribution in [0.25, 0.3) is 5.65 Å². The average molecular weight is 420 g/mol. The van der Waals surface area contributed by atoms with Crippen LogP contribution < -0.4 is 0 Å². The molecule has 4 rings (SSSR count). The molecule has 0 radical (unpaired) electrons. The van der Waals surface area contributed by atoms with Crippen LogP contribution in [0, 0.1) is 12.7 Å². The molecule has 0 spiro atoms. The second kappa shape index (κ2) is 7.70. The van der Waals surface area contributed by atoms with Gasteiger partial charge in [0.05, 0.1) is 12.1 Å². The van der Waals surface area contributed by atoms with Crippen molar-refractivity contribution in [3.05, 3.63) is 64.9 Å². The number of hydrogen-bond acceptors (Lipinski definition) is 3. The van der Waals surface area contributed by atoms with Gasteiger partial charge >= 0.3 is 6.18 Å². The highest BCUT2D eigenvalue weighted by Crippen LogP contribution is 2.33. The van der Waals surface area contributed by atoms with E-state index in [1.807, 2.05) is 0 Å². The van der Waals surface area contributed by atoms with Gasteiger partial charge in [-0.05, 0) is 43.5 Å². The van der Waals surface area contributed by atoms with Gasteiger partial charge in [-0.2, -0.15) is 18.3 Å². The summed E-state index contributed by atoms with van der Waals surface area (Å²) in [6.45, 7) is 2.45. The highest BCUT2D eigenvalue weighted by molar-refractivity contribution is 5.79. The molecule has 0 aliphatic carbocycles. The largest absolute Gasteiger partial charge is 0.433 e. The Kier molecular flexibility index (Phi) is 5.21. The zero-order valence-corrected chi connectivity index (χ0v) is 16.3. The predicted molar refractivity (Wildman–Crippen MR) is 101 cm³/mol. The van der Waals surface area contributed by atoms with Crippen molar-refractivity contribution in [3.63, 3.8) is 0 Å². The number of carbonyl (C=O) groups is 1. The van der Waals surface area contributed by atoms with Gasteiger partial charge in [-0.1, -0.05) is 12.1 Å². The predicted octanol–water partition coefficient (Wildman–Crippen LogP) is 4.14. The van der Waals surface area contributed by atoms with Gasteiger partial charge in [0, 0.05) is 30.8 Å². The summed E-state index contributed by atoms with van der Waals surface area (Å²) in [6, 6.07) is 8.26. The van der Waals surface area contributed by atoms with Crippen molar-refractivity contribution in [2.45, 2.75) is 38.3 Å². The fourth-order valence-corrected chi connectivity index (χ4v) is 3.85. The number of alkyl halides is 3. The zero-order valence-electron chi connectivity index (χ0n) is 16.3. The van der Waals surface area contributed by atoms with Crippen LogP contribution in [0.3, 0.4) is 0 Å². The van der Waals surface area contributed by atoms with Crippen LogP contribution in [0.2, 0.25) is 0 Å². The fourth-order valence-electron chi connectivity index (χ4n) is 3.85. The molecule has 30 heavy (non-hydrogen) atoms. The number of aryl methyl sites for hydroxylation is 1. The van der Waals surface area contributed by atoms with E-state index >= 15 is 0 Å². The normalized spacial score (nSPS) is 17.5. The summed E-state index contributed by atoms with van der Waals surface area (Å²) in [5, 5.41) is 3.90. The molecular formula is C21H20F4N4O. The summed E-state index contributed by atoms with van der Waals surface area (Å²) in [5.41, 5.74) is 0.730. The maximum atomic E-state index is 13.6. The first-order chi connectivity index (χ1) is 14.2. The highest BCUT2D eigenvalue weighted by atomic mass is 19.4. The van der Waals surface area contributed by atoms with Crippen LogP contribution in [0.4, 0.5) is 17.6 Å². The molecule has 1 aliphatic heterocycles. The molecular weight excluding hydrogens is 400 g/mol. The SMILES string of the molecule is Cc1cc2nc([C@H]3CCCN(C(=O)Cc4ccc(F)cc4)C3)cc(C(F)(F)F)n2n1. The standard InChI is InChI=1S/C21H20F4N4O/c1-13-9-19-26-17(11-18(21(23,24)25)29(19)27-13)15-3-2-8-28(12-15)20(30)10-14-4-6-16(22)7-5-14/h4-7,9,11,15H,2-3,8,10,12H2,1H3/t15-/m0/s1. The highest BCUT2D eigenvalue weighted by Gasteiger charge is 2.36. The van der Waals surface area contributed by atoms with E-state index in [9.17, 15) is 22.4 Å². The van der Waals surface area contributed by atoms with Gasteiger partial charge in [0.2, 0.25) is 5.91 Å². The summed E-state index contributed by atoms with van der Waals surface area (Å²) in [6.07, 6.45) is -3.13. The lowest BCUT2D eigenvalue weighted by Crippen LogP contribution is -2.40. The smallest absolute Gasteiger partial charge is 0.342 e. The molecule has 1 fully saturated rings. The third-order valence-electron chi connectivity index (χ3n) is 5.32. The van der Waals surface area contributed by atoms with Gasteiger partial charge in [0.1, 0.15) is 11.5 Å². The van der Waals surface area contributed by atoms with Gasteiger partial charge in [-0.15, -0.1) is 0 Å². The van der Waals surface area contributed by atoms with Crippen LogP contribution in [-0.2, 0) is 17.4 Å². The second-order valence-electron chi connectivity index (χ2n) is 7.60. The number of hydrogen-bond donors (Lipinski definition) is 0. The van der Waals surface area contributed by atoms with Gasteiger partial charge < -0.3 is 4.90 Å². The maximum absolute atomic E-state index is 13.6. The summed E-state index contributed by atoms with van der Waals surface area (Å²) in [7, 11) is 0. The van der Waals surface area contributed by atoms with Gasteiger partial charge in [-0.3, -0.25) is 4.79 Å². The molecule has 2 aromatic heterocycles. The fraction of sp³-hybridized carbons (Fsp3) is 0.381. The number of benzene rings is 1. The van der Waals surface area contributed by atoms with E-state index < -0.39 is 11.9 Å². The third-order valence-corrected chi connectivity index (χ3v) is 5.32. The Labute approximate surface area is 170 Å². The van der Waals surface area contributed by atoms with E-state index in [1.54, 1.807) is 24.0 Å². The number of nitrogens with zero attached hydrogens (tertiary/aromatic N) is 4. The van der Waals surface area contributed by atoms with Gasteiger partial charge in [0.15, 0.2) is 5.65 Å². The number of likely N-dealkylation sites (tertiary alicyclic amines) is 1. The molecule has 9 heteroatoms. The quantitative estimate of drug-likeness (QED) is 0.599. The minimum absolute atomic E-state index is 0.120. The lowest BCUT2D eigenvalue weighted by Gasteiger charge is -2.33. The molecule has 0 unspecified atom stereocenters. The van der Waals surface area contributed by atoms with E-state index in [0.717, 1.165) is 10.6 Å². The lowest BCUT2D eigenvalue weighted by atomic mass is 9.93. The topological polar surface area (TPSA) is 50.5 Å². The number of fused-ring (bicyclic) bond motifs is 1. The minimum atomic E-state index is -4.57. The monoisotopic (exact) mass is 420 g/mol. The summed E-state index contributed by atoms with van der Waals surface area (Å²) in [5.74, 6) is -0.804. The Morgan fingerprint density at radius 2 is 1.93 bits per heavy atom. The van der Waals surface area contributed by atoms with E-state index in [2.05, 4.69) is 10.1 Å². The number of amides is 1. The molecule has 0 N–H and O–H groups in total. The molecule has 1 atom stereocenters. The molecule has 0 saturated carbocycles. The summed E-state index contributed by atoms with van der Waals surface area (Å²) in [4.78, 5) is 18.7. The van der Waals surface area contributed by atoms with Crippen LogP contribution in [0.1, 0.15) is 41.4 Å².